The standard InChI is InChI=1S/C17H22N2O7S/c1-26-17(23)13-7-3-2-6-12(13)11-27(24,25)18-14-8-4-5-9-19(16(14)22)10-15(20)21/h2-3,6-7,14,18H,4-5,8-11H2,1H3,(H,20,21)/t14-/m0/s1. The molecule has 2 N–H and O–H groups in total. The number of carboxylic acids is 1. The van der Waals surface area contributed by atoms with Gasteiger partial charge in [-0.3, -0.25) is 9.59 Å². The number of methoxy groups -OCH3 is 1. The number of sulfonamides is 1. The molecule has 1 aromatic rings. The number of hydrogen-bond donors (Lipinski definition) is 2. The van der Waals surface area contributed by atoms with Gasteiger partial charge >= 0.3 is 11.9 Å². The topological polar surface area (TPSA) is 130 Å². The highest BCUT2D eigenvalue weighted by atomic mass is 32.2. The number of carboxylic acid groups (broad SMARTS) is 1. The van der Waals surface area contributed by atoms with Gasteiger partial charge in [0.2, 0.25) is 15.9 Å². The molecule has 1 aliphatic heterocycles. The quantitative estimate of drug-likeness (QED) is 0.634. The van der Waals surface area contributed by atoms with Gasteiger partial charge in [-0.15, -0.1) is 0 Å². The summed E-state index contributed by atoms with van der Waals surface area (Å²) in [4.78, 5) is 36.3. The van der Waals surface area contributed by atoms with Gasteiger partial charge < -0.3 is 14.7 Å². The van der Waals surface area contributed by atoms with Crippen molar-refractivity contribution in [3.8, 4) is 0 Å². The van der Waals surface area contributed by atoms with Gasteiger partial charge in [0.1, 0.15) is 12.6 Å². The van der Waals surface area contributed by atoms with E-state index in [1.807, 2.05) is 0 Å². The summed E-state index contributed by atoms with van der Waals surface area (Å²) in [5.41, 5.74) is 0.380. The first-order valence-electron chi connectivity index (χ1n) is 8.40. The number of aliphatic carboxylic acids is 1. The SMILES string of the molecule is COC(=O)c1ccccc1CS(=O)(=O)N[C@H]1CCCCN(CC(=O)O)C1=O. The Morgan fingerprint density at radius 1 is 1.30 bits per heavy atom. The molecule has 1 aromatic carbocycles. The number of benzene rings is 1. The summed E-state index contributed by atoms with van der Waals surface area (Å²) >= 11 is 0. The average molecular weight is 398 g/mol. The van der Waals surface area contributed by atoms with Crippen molar-refractivity contribution >= 4 is 27.9 Å². The Labute approximate surface area is 157 Å². The smallest absolute Gasteiger partial charge is 0.338 e. The summed E-state index contributed by atoms with van der Waals surface area (Å²) in [5, 5.41) is 8.92. The lowest BCUT2D eigenvalue weighted by molar-refractivity contribution is -0.144. The minimum absolute atomic E-state index is 0.130. The van der Waals surface area contributed by atoms with Gasteiger partial charge in [0, 0.05) is 6.54 Å². The van der Waals surface area contributed by atoms with E-state index in [-0.39, 0.29) is 24.1 Å². The number of likely N-dealkylation sites (tertiary alicyclic amines) is 1. The van der Waals surface area contributed by atoms with Gasteiger partial charge in [-0.2, -0.15) is 0 Å². The molecule has 0 spiro atoms. The molecular formula is C17H22N2O7S. The number of ether oxygens (including phenoxy) is 1. The van der Waals surface area contributed by atoms with Crippen LogP contribution in [0.1, 0.15) is 35.2 Å². The second-order valence-electron chi connectivity index (χ2n) is 6.23. The van der Waals surface area contributed by atoms with Crippen LogP contribution in [0.15, 0.2) is 24.3 Å². The minimum Gasteiger partial charge on any atom is -0.480 e. The Balaban J connectivity index is 2.17. The molecule has 0 unspecified atom stereocenters. The molecule has 148 valence electrons. The fraction of sp³-hybridized carbons (Fsp3) is 0.471. The van der Waals surface area contributed by atoms with Crippen LogP contribution < -0.4 is 4.72 Å². The van der Waals surface area contributed by atoms with E-state index in [9.17, 15) is 22.8 Å². The van der Waals surface area contributed by atoms with Gasteiger partial charge in [0.15, 0.2) is 0 Å². The van der Waals surface area contributed by atoms with Gasteiger partial charge in [-0.25, -0.2) is 17.9 Å². The molecule has 1 aliphatic rings. The lowest BCUT2D eigenvalue weighted by Gasteiger charge is -2.23. The fourth-order valence-electron chi connectivity index (χ4n) is 2.95. The zero-order chi connectivity index (χ0) is 20.0. The number of carbonyl (C=O) groups excluding carboxylic acids is 2. The van der Waals surface area contributed by atoms with E-state index >= 15 is 0 Å². The van der Waals surface area contributed by atoms with Crippen LogP contribution in [0.5, 0.6) is 0 Å². The summed E-state index contributed by atoms with van der Waals surface area (Å²) in [7, 11) is -2.75. The van der Waals surface area contributed by atoms with Crippen LogP contribution >= 0.6 is 0 Å². The summed E-state index contributed by atoms with van der Waals surface area (Å²) in [5.74, 6) is -2.86. The van der Waals surface area contributed by atoms with Gasteiger partial charge in [-0.1, -0.05) is 18.2 Å². The van der Waals surface area contributed by atoms with Gasteiger partial charge in [0.25, 0.3) is 0 Å². The largest absolute Gasteiger partial charge is 0.480 e. The molecule has 0 aliphatic carbocycles. The molecule has 1 amide bonds. The third-order valence-corrected chi connectivity index (χ3v) is 5.53. The third kappa shape index (κ3) is 5.76. The number of nitrogens with zero attached hydrogens (tertiary/aromatic N) is 1. The summed E-state index contributed by atoms with van der Waals surface area (Å²) in [6.45, 7) is -0.198. The predicted molar refractivity (Wildman–Crippen MR) is 95.4 cm³/mol. The van der Waals surface area contributed by atoms with Crippen LogP contribution in [0.4, 0.5) is 0 Å². The van der Waals surface area contributed by atoms with Crippen molar-refractivity contribution in [1.82, 2.24) is 9.62 Å². The molecular weight excluding hydrogens is 376 g/mol. The van der Waals surface area contributed by atoms with E-state index in [1.165, 1.54) is 19.2 Å². The summed E-state index contributed by atoms with van der Waals surface area (Å²) < 4.78 is 32.1. The van der Waals surface area contributed by atoms with E-state index in [0.29, 0.717) is 12.8 Å². The minimum atomic E-state index is -3.95. The summed E-state index contributed by atoms with van der Waals surface area (Å²) in [6.07, 6.45) is 1.48. The van der Waals surface area contributed by atoms with E-state index in [4.69, 9.17) is 5.11 Å². The van der Waals surface area contributed by atoms with Crippen molar-refractivity contribution in [3.63, 3.8) is 0 Å². The fourth-order valence-corrected chi connectivity index (χ4v) is 4.35. The Bertz CT molecular complexity index is 822. The number of hydrogen-bond acceptors (Lipinski definition) is 6. The van der Waals surface area contributed by atoms with E-state index in [2.05, 4.69) is 9.46 Å². The highest BCUT2D eigenvalue weighted by Gasteiger charge is 2.31. The molecule has 0 aromatic heterocycles. The van der Waals surface area contributed by atoms with Crippen LogP contribution in [0, 0.1) is 0 Å². The van der Waals surface area contributed by atoms with Crippen molar-refractivity contribution in [1.29, 1.82) is 0 Å². The first kappa shape index (κ1) is 20.8. The lowest BCUT2D eigenvalue weighted by Crippen LogP contribution is -2.48. The average Bonchev–Trinajstić information content (AvgIpc) is 2.76. The Hall–Kier alpha value is -2.46. The first-order valence-corrected chi connectivity index (χ1v) is 10.1. The van der Waals surface area contributed by atoms with Crippen molar-refractivity contribution in [3.05, 3.63) is 35.4 Å². The zero-order valence-corrected chi connectivity index (χ0v) is 15.7. The van der Waals surface area contributed by atoms with E-state index in [1.54, 1.807) is 12.1 Å². The Kier molecular flexibility index (Phi) is 6.92. The third-order valence-electron chi connectivity index (χ3n) is 4.20. The van der Waals surface area contributed by atoms with Gasteiger partial charge in [0.05, 0.1) is 18.4 Å². The molecule has 2 rings (SSSR count). The number of nitrogens with one attached hydrogen (secondary N) is 1. The first-order chi connectivity index (χ1) is 12.7. The molecule has 0 bridgehead atoms. The number of esters is 1. The second-order valence-corrected chi connectivity index (χ2v) is 7.98. The van der Waals surface area contributed by atoms with Crippen LogP contribution in [-0.4, -0.2) is 62.5 Å². The predicted octanol–water partition coefficient (Wildman–Crippen LogP) is 0.358. The Morgan fingerprint density at radius 2 is 2.00 bits per heavy atom. The molecule has 1 heterocycles. The zero-order valence-electron chi connectivity index (χ0n) is 14.9. The lowest BCUT2D eigenvalue weighted by atomic mass is 10.1. The van der Waals surface area contributed by atoms with E-state index in [0.717, 1.165) is 4.90 Å². The van der Waals surface area contributed by atoms with Crippen LogP contribution in [0.2, 0.25) is 0 Å². The van der Waals surface area contributed by atoms with Crippen LogP contribution in [-0.2, 0) is 30.1 Å². The van der Waals surface area contributed by atoms with Gasteiger partial charge in [-0.05, 0) is 30.9 Å². The molecule has 10 heteroatoms. The molecule has 27 heavy (non-hydrogen) atoms. The number of amides is 1. The monoisotopic (exact) mass is 398 g/mol. The van der Waals surface area contributed by atoms with Crippen molar-refractivity contribution < 1.29 is 32.6 Å². The van der Waals surface area contributed by atoms with Crippen LogP contribution in [0.25, 0.3) is 0 Å². The normalized spacial score (nSPS) is 18.0. The maximum absolute atomic E-state index is 12.6. The maximum atomic E-state index is 12.6. The molecule has 0 radical (unpaired) electrons. The molecule has 1 fully saturated rings. The second kappa shape index (κ2) is 8.96. The summed E-state index contributed by atoms with van der Waals surface area (Å²) in [6, 6.07) is 5.12. The number of carbonyl (C=O) groups is 3. The Morgan fingerprint density at radius 3 is 2.67 bits per heavy atom. The van der Waals surface area contributed by atoms with Crippen molar-refractivity contribution in [2.24, 2.45) is 0 Å². The van der Waals surface area contributed by atoms with Crippen molar-refractivity contribution in [2.75, 3.05) is 20.2 Å². The maximum Gasteiger partial charge on any atom is 0.338 e. The molecule has 9 nitrogen and oxygen atoms in total. The molecule has 1 atom stereocenters. The van der Waals surface area contributed by atoms with Crippen molar-refractivity contribution in [2.45, 2.75) is 31.1 Å². The van der Waals surface area contributed by atoms with Crippen LogP contribution in [0.3, 0.4) is 0 Å². The van der Waals surface area contributed by atoms with E-state index < -0.39 is 46.2 Å². The molecule has 1 saturated heterocycles. The highest BCUT2D eigenvalue weighted by Crippen LogP contribution is 2.17. The highest BCUT2D eigenvalue weighted by molar-refractivity contribution is 7.88. The molecule has 0 saturated carbocycles. The number of rotatable bonds is 7.